The molecule has 5 heteroatoms. The van der Waals surface area contributed by atoms with E-state index in [1.54, 1.807) is 24.3 Å². The fourth-order valence-corrected chi connectivity index (χ4v) is 1.95. The summed E-state index contributed by atoms with van der Waals surface area (Å²) in [4.78, 5) is 23.7. The number of amides is 2. The molecule has 2 rings (SSSR count). The van der Waals surface area contributed by atoms with E-state index >= 15 is 0 Å². The van der Waals surface area contributed by atoms with Gasteiger partial charge in [-0.1, -0.05) is 37.3 Å². The standard InChI is InChI=1S/C18H20N2O3/c1-2-12-23-16-10-8-15(9-11-16)18(22)20-19-17(21)13-14-6-4-3-5-7-14/h3-11H,2,12-13H2,1H3,(H,19,21)(H,20,22). The van der Waals surface area contributed by atoms with Crippen molar-refractivity contribution in [2.24, 2.45) is 0 Å². The first-order valence-corrected chi connectivity index (χ1v) is 7.55. The number of hydrogen-bond acceptors (Lipinski definition) is 3. The summed E-state index contributed by atoms with van der Waals surface area (Å²) in [6.45, 7) is 2.67. The first-order valence-electron chi connectivity index (χ1n) is 7.55. The van der Waals surface area contributed by atoms with E-state index in [1.807, 2.05) is 37.3 Å². The van der Waals surface area contributed by atoms with Gasteiger partial charge < -0.3 is 4.74 Å². The fourth-order valence-electron chi connectivity index (χ4n) is 1.95. The molecule has 0 heterocycles. The molecule has 0 aliphatic rings. The van der Waals surface area contributed by atoms with Crippen LogP contribution in [0.1, 0.15) is 29.3 Å². The Morgan fingerprint density at radius 3 is 2.30 bits per heavy atom. The first kappa shape index (κ1) is 16.5. The van der Waals surface area contributed by atoms with Gasteiger partial charge in [0.2, 0.25) is 5.91 Å². The largest absolute Gasteiger partial charge is 0.494 e. The number of rotatable bonds is 6. The minimum atomic E-state index is -0.367. The Hall–Kier alpha value is -2.82. The molecule has 0 unspecified atom stereocenters. The zero-order valence-electron chi connectivity index (χ0n) is 13.0. The van der Waals surface area contributed by atoms with Crippen LogP contribution in [0.25, 0.3) is 0 Å². The Balaban J connectivity index is 1.81. The van der Waals surface area contributed by atoms with E-state index in [9.17, 15) is 9.59 Å². The normalized spacial score (nSPS) is 9.96. The van der Waals surface area contributed by atoms with Crippen LogP contribution >= 0.6 is 0 Å². The summed E-state index contributed by atoms with van der Waals surface area (Å²) in [5.74, 6) is 0.0809. The van der Waals surface area contributed by atoms with E-state index in [4.69, 9.17) is 4.74 Å². The van der Waals surface area contributed by atoms with Crippen LogP contribution in [0.3, 0.4) is 0 Å². The Labute approximate surface area is 135 Å². The molecule has 0 saturated carbocycles. The first-order chi connectivity index (χ1) is 11.2. The van der Waals surface area contributed by atoms with Crippen LogP contribution in [-0.2, 0) is 11.2 Å². The highest BCUT2D eigenvalue weighted by Gasteiger charge is 2.08. The SMILES string of the molecule is CCCOc1ccc(C(=O)NNC(=O)Cc2ccccc2)cc1. The molecule has 0 atom stereocenters. The molecule has 120 valence electrons. The summed E-state index contributed by atoms with van der Waals surface area (Å²) >= 11 is 0. The number of carbonyl (C=O) groups is 2. The molecule has 0 fully saturated rings. The van der Waals surface area contributed by atoms with Crippen LogP contribution < -0.4 is 15.6 Å². The third-order valence-corrected chi connectivity index (χ3v) is 3.11. The zero-order chi connectivity index (χ0) is 16.5. The third-order valence-electron chi connectivity index (χ3n) is 3.11. The van der Waals surface area contributed by atoms with Gasteiger partial charge in [-0.2, -0.15) is 0 Å². The van der Waals surface area contributed by atoms with Gasteiger partial charge in [-0.3, -0.25) is 20.4 Å². The van der Waals surface area contributed by atoms with Crippen molar-refractivity contribution in [1.29, 1.82) is 0 Å². The highest BCUT2D eigenvalue weighted by molar-refractivity contribution is 5.95. The van der Waals surface area contributed by atoms with E-state index in [1.165, 1.54) is 0 Å². The van der Waals surface area contributed by atoms with Gasteiger partial charge in [0.25, 0.3) is 5.91 Å². The van der Waals surface area contributed by atoms with Gasteiger partial charge in [0.15, 0.2) is 0 Å². The number of nitrogens with one attached hydrogen (secondary N) is 2. The molecular formula is C18H20N2O3. The molecule has 0 spiro atoms. The van der Waals surface area contributed by atoms with E-state index < -0.39 is 0 Å². The zero-order valence-corrected chi connectivity index (χ0v) is 13.0. The van der Waals surface area contributed by atoms with Crippen molar-refractivity contribution in [1.82, 2.24) is 10.9 Å². The second kappa shape index (κ2) is 8.58. The fraction of sp³-hybridized carbons (Fsp3) is 0.222. The maximum absolute atomic E-state index is 12.0. The molecular weight excluding hydrogens is 292 g/mol. The Morgan fingerprint density at radius 2 is 1.65 bits per heavy atom. The summed E-state index contributed by atoms with van der Waals surface area (Å²) in [5.41, 5.74) is 6.15. The lowest BCUT2D eigenvalue weighted by Crippen LogP contribution is -2.42. The lowest BCUT2D eigenvalue weighted by molar-refractivity contribution is -0.121. The molecule has 2 aromatic rings. The second-order valence-corrected chi connectivity index (χ2v) is 5.04. The minimum absolute atomic E-state index is 0.213. The Kier molecular flexibility index (Phi) is 6.17. The Morgan fingerprint density at radius 1 is 0.957 bits per heavy atom. The predicted octanol–water partition coefficient (Wildman–Crippen LogP) is 2.48. The molecule has 2 aromatic carbocycles. The summed E-state index contributed by atoms with van der Waals surface area (Å²) < 4.78 is 5.45. The summed E-state index contributed by atoms with van der Waals surface area (Å²) in [5, 5.41) is 0. The average Bonchev–Trinajstić information content (AvgIpc) is 2.59. The van der Waals surface area contributed by atoms with Gasteiger partial charge >= 0.3 is 0 Å². The van der Waals surface area contributed by atoms with Gasteiger partial charge in [-0.15, -0.1) is 0 Å². The van der Waals surface area contributed by atoms with Crippen molar-refractivity contribution in [3.8, 4) is 5.75 Å². The van der Waals surface area contributed by atoms with Gasteiger partial charge in [0, 0.05) is 5.56 Å². The van der Waals surface area contributed by atoms with Gasteiger partial charge in [-0.05, 0) is 36.2 Å². The number of benzene rings is 2. The average molecular weight is 312 g/mol. The molecule has 0 aliphatic heterocycles. The highest BCUT2D eigenvalue weighted by atomic mass is 16.5. The molecule has 2 N–H and O–H groups in total. The van der Waals surface area contributed by atoms with Crippen molar-refractivity contribution in [3.63, 3.8) is 0 Å². The maximum atomic E-state index is 12.0. The smallest absolute Gasteiger partial charge is 0.269 e. The summed E-state index contributed by atoms with van der Waals surface area (Å²) in [6, 6.07) is 16.1. The van der Waals surface area contributed by atoms with Crippen LogP contribution in [0.2, 0.25) is 0 Å². The molecule has 2 amide bonds. The number of hydrogen-bond donors (Lipinski definition) is 2. The lowest BCUT2D eigenvalue weighted by atomic mass is 10.1. The molecule has 0 aromatic heterocycles. The topological polar surface area (TPSA) is 67.4 Å². The van der Waals surface area contributed by atoms with Crippen LogP contribution in [-0.4, -0.2) is 18.4 Å². The van der Waals surface area contributed by atoms with Gasteiger partial charge in [0.1, 0.15) is 5.75 Å². The van der Waals surface area contributed by atoms with Crippen LogP contribution in [0, 0.1) is 0 Å². The van der Waals surface area contributed by atoms with Crippen molar-refractivity contribution in [2.45, 2.75) is 19.8 Å². The molecule has 0 radical (unpaired) electrons. The van der Waals surface area contributed by atoms with Gasteiger partial charge in [0.05, 0.1) is 13.0 Å². The Bertz CT molecular complexity index is 639. The highest BCUT2D eigenvalue weighted by Crippen LogP contribution is 2.12. The molecule has 5 nitrogen and oxygen atoms in total. The van der Waals surface area contributed by atoms with Crippen LogP contribution in [0.15, 0.2) is 54.6 Å². The quantitative estimate of drug-likeness (QED) is 0.805. The molecule has 0 saturated heterocycles. The molecule has 23 heavy (non-hydrogen) atoms. The van der Waals surface area contributed by atoms with Crippen LogP contribution in [0.4, 0.5) is 0 Å². The van der Waals surface area contributed by atoms with Crippen molar-refractivity contribution < 1.29 is 14.3 Å². The second-order valence-electron chi connectivity index (χ2n) is 5.04. The maximum Gasteiger partial charge on any atom is 0.269 e. The van der Waals surface area contributed by atoms with E-state index in [0.29, 0.717) is 12.2 Å². The van der Waals surface area contributed by atoms with Crippen molar-refractivity contribution in [2.75, 3.05) is 6.61 Å². The van der Waals surface area contributed by atoms with E-state index in [2.05, 4.69) is 10.9 Å². The van der Waals surface area contributed by atoms with Gasteiger partial charge in [-0.25, -0.2) is 0 Å². The van der Waals surface area contributed by atoms with E-state index in [0.717, 1.165) is 17.7 Å². The van der Waals surface area contributed by atoms with Crippen LogP contribution in [0.5, 0.6) is 5.75 Å². The number of ether oxygens (including phenoxy) is 1. The lowest BCUT2D eigenvalue weighted by Gasteiger charge is -2.08. The monoisotopic (exact) mass is 312 g/mol. The predicted molar refractivity (Wildman–Crippen MR) is 88.0 cm³/mol. The van der Waals surface area contributed by atoms with Crippen molar-refractivity contribution >= 4 is 11.8 Å². The van der Waals surface area contributed by atoms with Crippen molar-refractivity contribution in [3.05, 3.63) is 65.7 Å². The molecule has 0 bridgehead atoms. The number of hydrazine groups is 1. The van der Waals surface area contributed by atoms with E-state index in [-0.39, 0.29) is 18.2 Å². The number of carbonyl (C=O) groups excluding carboxylic acids is 2. The summed E-state index contributed by atoms with van der Waals surface area (Å²) in [6.07, 6.45) is 1.14. The molecule has 0 aliphatic carbocycles. The summed E-state index contributed by atoms with van der Waals surface area (Å²) in [7, 11) is 0. The third kappa shape index (κ3) is 5.47. The minimum Gasteiger partial charge on any atom is -0.494 e.